The van der Waals surface area contributed by atoms with Gasteiger partial charge >= 0.3 is 0 Å². The molecule has 1 N–H and O–H groups in total. The molecular weight excluding hydrogens is 407 g/mol. The number of ether oxygens (including phenoxy) is 1. The van der Waals surface area contributed by atoms with Crippen LogP contribution in [0.3, 0.4) is 0 Å². The number of rotatable bonds is 6. The topological polar surface area (TPSA) is 45.3 Å². The molecule has 3 aromatic rings. The molecule has 0 aliphatic carbocycles. The van der Waals surface area contributed by atoms with Crippen LogP contribution in [0, 0.1) is 6.92 Å². The molecule has 0 amide bonds. The lowest BCUT2D eigenvalue weighted by molar-refractivity contribution is 0.235. The van der Waals surface area contributed by atoms with E-state index in [1.54, 1.807) is 0 Å². The number of fused-ring (bicyclic) bond motifs is 2. The van der Waals surface area contributed by atoms with Gasteiger partial charge in [0.25, 0.3) is 5.56 Å². The lowest BCUT2D eigenvalue weighted by Crippen LogP contribution is -2.31. The van der Waals surface area contributed by atoms with Gasteiger partial charge in [-0.05, 0) is 73.5 Å². The number of aromatic amines is 1. The van der Waals surface area contributed by atoms with Gasteiger partial charge in [0.15, 0.2) is 0 Å². The summed E-state index contributed by atoms with van der Waals surface area (Å²) in [5.74, 6) is 0.787. The van der Waals surface area contributed by atoms with Gasteiger partial charge in [-0.2, -0.15) is 0 Å². The number of nitrogens with zero attached hydrogens (tertiary/aromatic N) is 1. The van der Waals surface area contributed by atoms with E-state index in [9.17, 15) is 4.79 Å². The van der Waals surface area contributed by atoms with Gasteiger partial charge in [-0.1, -0.05) is 29.3 Å². The summed E-state index contributed by atoms with van der Waals surface area (Å²) < 4.78 is 5.89. The highest BCUT2D eigenvalue weighted by atomic mass is 35.5. The van der Waals surface area contributed by atoms with Crippen molar-refractivity contribution in [3.05, 3.63) is 73.5 Å². The number of halogens is 2. The Kier molecular flexibility index (Phi) is 6.14. The summed E-state index contributed by atoms with van der Waals surface area (Å²) in [5, 5.41) is 2.37. The Hall–Kier alpha value is -2.01. The molecule has 4 rings (SSSR count). The molecule has 0 saturated heterocycles. The maximum atomic E-state index is 11.8. The minimum absolute atomic E-state index is 0.0543. The number of unbranched alkanes of at least 4 members (excludes halogenated alkanes) is 1. The molecule has 1 aliphatic heterocycles. The van der Waals surface area contributed by atoms with Gasteiger partial charge in [0.2, 0.25) is 0 Å². The van der Waals surface area contributed by atoms with Crippen LogP contribution in [0.15, 0.2) is 41.2 Å². The molecule has 0 fully saturated rings. The Bertz CT molecular complexity index is 1090. The van der Waals surface area contributed by atoms with E-state index in [1.165, 1.54) is 11.1 Å². The van der Waals surface area contributed by atoms with Gasteiger partial charge in [0.1, 0.15) is 5.75 Å². The minimum atomic E-state index is -0.0543. The summed E-state index contributed by atoms with van der Waals surface area (Å²) in [6.45, 7) is 5.43. The van der Waals surface area contributed by atoms with Crippen LogP contribution < -0.4 is 10.3 Å². The van der Waals surface area contributed by atoms with E-state index in [2.05, 4.69) is 16.0 Å². The standard InChI is InChI=1S/C23H24Cl2N2O2/c1-15-12-16-4-6-18(13-21(16)26-23(15)28)29-11-3-2-9-27-10-8-19-17(14-27)5-7-20(24)22(19)25/h4-7,12-13H,2-3,8-11,14H2,1H3,(H,26,28). The Balaban J connectivity index is 1.25. The molecule has 0 spiro atoms. The van der Waals surface area contributed by atoms with E-state index in [-0.39, 0.29) is 5.56 Å². The predicted octanol–water partition coefficient (Wildman–Crippen LogP) is 5.36. The van der Waals surface area contributed by atoms with Crippen LogP contribution in [-0.4, -0.2) is 29.6 Å². The fourth-order valence-corrected chi connectivity index (χ4v) is 4.29. The van der Waals surface area contributed by atoms with Crippen LogP contribution in [0.5, 0.6) is 5.75 Å². The molecule has 0 radical (unpaired) electrons. The van der Waals surface area contributed by atoms with Crippen molar-refractivity contribution in [3.8, 4) is 5.75 Å². The molecule has 29 heavy (non-hydrogen) atoms. The quantitative estimate of drug-likeness (QED) is 0.535. The van der Waals surface area contributed by atoms with Crippen molar-refractivity contribution in [3.63, 3.8) is 0 Å². The zero-order valence-electron chi connectivity index (χ0n) is 16.4. The van der Waals surface area contributed by atoms with E-state index in [0.717, 1.165) is 61.1 Å². The summed E-state index contributed by atoms with van der Waals surface area (Å²) in [6, 6.07) is 11.7. The number of pyridine rings is 1. The minimum Gasteiger partial charge on any atom is -0.494 e. The number of benzene rings is 2. The van der Waals surface area contributed by atoms with Crippen molar-refractivity contribution in [1.29, 1.82) is 0 Å². The molecular formula is C23H24Cl2N2O2. The normalized spacial score (nSPS) is 14.2. The smallest absolute Gasteiger partial charge is 0.251 e. The lowest BCUT2D eigenvalue weighted by Gasteiger charge is -2.29. The summed E-state index contributed by atoms with van der Waals surface area (Å²) >= 11 is 12.4. The van der Waals surface area contributed by atoms with Gasteiger partial charge < -0.3 is 9.72 Å². The molecule has 1 aliphatic rings. The molecule has 1 aromatic heterocycles. The Morgan fingerprint density at radius 2 is 2.00 bits per heavy atom. The molecule has 0 unspecified atom stereocenters. The zero-order chi connectivity index (χ0) is 20.4. The largest absolute Gasteiger partial charge is 0.494 e. The maximum absolute atomic E-state index is 11.8. The predicted molar refractivity (Wildman–Crippen MR) is 119 cm³/mol. The summed E-state index contributed by atoms with van der Waals surface area (Å²) in [6.07, 6.45) is 2.99. The monoisotopic (exact) mass is 430 g/mol. The molecule has 2 aromatic carbocycles. The molecule has 2 heterocycles. The average molecular weight is 431 g/mol. The van der Waals surface area contributed by atoms with E-state index >= 15 is 0 Å². The molecule has 152 valence electrons. The Labute approximate surface area is 180 Å². The van der Waals surface area contributed by atoms with Crippen molar-refractivity contribution in [1.82, 2.24) is 9.88 Å². The van der Waals surface area contributed by atoms with Crippen molar-refractivity contribution in [2.24, 2.45) is 0 Å². The van der Waals surface area contributed by atoms with Crippen LogP contribution >= 0.6 is 23.2 Å². The third kappa shape index (κ3) is 4.61. The van der Waals surface area contributed by atoms with Gasteiger partial charge in [-0.25, -0.2) is 0 Å². The second kappa shape index (κ2) is 8.78. The van der Waals surface area contributed by atoms with Crippen molar-refractivity contribution in [2.75, 3.05) is 19.7 Å². The van der Waals surface area contributed by atoms with Crippen LogP contribution in [0.4, 0.5) is 0 Å². The molecule has 0 bridgehead atoms. The number of H-pyrrole nitrogens is 1. The number of hydrogen-bond donors (Lipinski definition) is 1. The highest BCUT2D eigenvalue weighted by Gasteiger charge is 2.19. The number of aryl methyl sites for hydroxylation is 1. The van der Waals surface area contributed by atoms with E-state index in [4.69, 9.17) is 27.9 Å². The van der Waals surface area contributed by atoms with Crippen molar-refractivity contribution < 1.29 is 4.74 Å². The third-order valence-electron chi connectivity index (χ3n) is 5.51. The highest BCUT2D eigenvalue weighted by molar-refractivity contribution is 6.42. The SMILES string of the molecule is Cc1cc2ccc(OCCCCN3CCc4c(ccc(Cl)c4Cl)C3)cc2[nH]c1=O. The molecule has 0 saturated carbocycles. The fourth-order valence-electron chi connectivity index (χ4n) is 3.84. The highest BCUT2D eigenvalue weighted by Crippen LogP contribution is 2.32. The molecule has 0 atom stereocenters. The van der Waals surface area contributed by atoms with E-state index in [0.29, 0.717) is 16.7 Å². The first-order chi connectivity index (χ1) is 14.0. The van der Waals surface area contributed by atoms with Crippen molar-refractivity contribution in [2.45, 2.75) is 32.7 Å². The van der Waals surface area contributed by atoms with Crippen molar-refractivity contribution >= 4 is 34.1 Å². The number of hydrogen-bond acceptors (Lipinski definition) is 3. The summed E-state index contributed by atoms with van der Waals surface area (Å²) in [4.78, 5) is 17.1. The first kappa shape index (κ1) is 20.3. The van der Waals surface area contributed by atoms with Crippen LogP contribution in [-0.2, 0) is 13.0 Å². The van der Waals surface area contributed by atoms with Crippen LogP contribution in [0.1, 0.15) is 29.5 Å². The molecule has 4 nitrogen and oxygen atoms in total. The van der Waals surface area contributed by atoms with E-state index in [1.807, 2.05) is 37.3 Å². The first-order valence-electron chi connectivity index (χ1n) is 9.96. The molecule has 6 heteroatoms. The van der Waals surface area contributed by atoms with E-state index < -0.39 is 0 Å². The van der Waals surface area contributed by atoms with Gasteiger partial charge in [-0.3, -0.25) is 9.69 Å². The van der Waals surface area contributed by atoms with Gasteiger partial charge in [0.05, 0.1) is 22.2 Å². The first-order valence-corrected chi connectivity index (χ1v) is 10.7. The Morgan fingerprint density at radius 3 is 2.86 bits per heavy atom. The summed E-state index contributed by atoms with van der Waals surface area (Å²) in [7, 11) is 0. The van der Waals surface area contributed by atoms with Crippen LogP contribution in [0.2, 0.25) is 10.0 Å². The second-order valence-corrected chi connectivity index (χ2v) is 8.40. The fraction of sp³-hybridized carbons (Fsp3) is 0.348. The lowest BCUT2D eigenvalue weighted by atomic mass is 9.99. The Morgan fingerprint density at radius 1 is 1.14 bits per heavy atom. The summed E-state index contributed by atoms with van der Waals surface area (Å²) in [5.41, 5.74) is 3.95. The third-order valence-corrected chi connectivity index (χ3v) is 6.35. The van der Waals surface area contributed by atoms with Gasteiger partial charge in [0, 0.05) is 24.7 Å². The number of nitrogens with one attached hydrogen (secondary N) is 1. The van der Waals surface area contributed by atoms with Gasteiger partial charge in [-0.15, -0.1) is 0 Å². The average Bonchev–Trinajstić information content (AvgIpc) is 2.71. The number of aromatic nitrogens is 1. The second-order valence-electron chi connectivity index (χ2n) is 7.61. The van der Waals surface area contributed by atoms with Crippen LogP contribution in [0.25, 0.3) is 10.9 Å². The maximum Gasteiger partial charge on any atom is 0.251 e. The zero-order valence-corrected chi connectivity index (χ0v) is 17.9.